The first-order chi connectivity index (χ1) is 12.0. The van der Waals surface area contributed by atoms with E-state index < -0.39 is 17.9 Å². The van der Waals surface area contributed by atoms with E-state index in [1.54, 1.807) is 0 Å². The summed E-state index contributed by atoms with van der Waals surface area (Å²) in [6.45, 7) is 0.800. The summed E-state index contributed by atoms with van der Waals surface area (Å²) in [6, 6.07) is 9.28. The summed E-state index contributed by atoms with van der Waals surface area (Å²) in [5, 5.41) is 11.4. The Labute approximate surface area is 147 Å². The number of hydrogen-bond donors (Lipinski definition) is 2. The van der Waals surface area contributed by atoms with Crippen LogP contribution in [-0.2, 0) is 20.8 Å². The van der Waals surface area contributed by atoms with Crippen molar-refractivity contribution in [2.24, 2.45) is 5.92 Å². The number of piperidine rings is 2. The third kappa shape index (κ3) is 4.38. The van der Waals surface area contributed by atoms with Gasteiger partial charge in [0.1, 0.15) is 0 Å². The normalized spacial score (nSPS) is 23.1. The molecule has 2 aliphatic heterocycles. The molecule has 0 aromatic heterocycles. The smallest absolute Gasteiger partial charge is 0.394 e. The zero-order chi connectivity index (χ0) is 17.8. The van der Waals surface area contributed by atoms with Gasteiger partial charge in [-0.25, -0.2) is 4.79 Å². The van der Waals surface area contributed by atoms with Gasteiger partial charge in [0.25, 0.3) is 0 Å². The predicted molar refractivity (Wildman–Crippen MR) is 91.8 cm³/mol. The van der Waals surface area contributed by atoms with Crippen molar-refractivity contribution in [3.63, 3.8) is 0 Å². The van der Waals surface area contributed by atoms with Crippen LogP contribution in [0, 0.1) is 5.92 Å². The molecule has 2 bridgehead atoms. The first-order valence-electron chi connectivity index (χ1n) is 8.90. The molecule has 1 atom stereocenters. The highest BCUT2D eigenvalue weighted by molar-refractivity contribution is 6.31. The number of amides is 2. The Morgan fingerprint density at radius 2 is 1.80 bits per heavy atom. The number of nitrogens with one attached hydrogen (secondary N) is 1. The first kappa shape index (κ1) is 17.5. The quantitative estimate of drug-likeness (QED) is 0.794. The molecule has 25 heavy (non-hydrogen) atoms. The van der Waals surface area contributed by atoms with Crippen LogP contribution in [0.25, 0.3) is 0 Å². The number of carboxylic acids is 1. The number of hydrogen-bond acceptors (Lipinski definition) is 3. The van der Waals surface area contributed by atoms with Crippen molar-refractivity contribution in [2.45, 2.75) is 50.6 Å². The lowest BCUT2D eigenvalue weighted by molar-refractivity contribution is -0.151. The van der Waals surface area contributed by atoms with E-state index in [0.717, 1.165) is 24.9 Å². The topological polar surface area (TPSA) is 86.7 Å². The Balaban J connectivity index is 1.66. The van der Waals surface area contributed by atoms with Crippen LogP contribution in [0.1, 0.15) is 37.7 Å². The molecule has 6 nitrogen and oxygen atoms in total. The van der Waals surface area contributed by atoms with Crippen LogP contribution < -0.4 is 5.32 Å². The van der Waals surface area contributed by atoms with Crippen molar-refractivity contribution < 1.29 is 19.5 Å². The molecule has 2 heterocycles. The molecule has 0 radical (unpaired) electrons. The van der Waals surface area contributed by atoms with Crippen molar-refractivity contribution in [3.05, 3.63) is 35.9 Å². The number of aliphatic carboxylic acids is 1. The number of nitrogens with zero attached hydrogens (tertiary/aromatic N) is 1. The van der Waals surface area contributed by atoms with Crippen LogP contribution in [0.2, 0.25) is 0 Å². The number of carboxylic acid groups (broad SMARTS) is 1. The molecule has 1 saturated carbocycles. The molecule has 3 fully saturated rings. The van der Waals surface area contributed by atoms with Gasteiger partial charge >= 0.3 is 11.9 Å². The minimum atomic E-state index is -1.53. The summed E-state index contributed by atoms with van der Waals surface area (Å²) in [7, 11) is 0. The molecule has 0 unspecified atom stereocenters. The standard InChI is InChI=1S/C19H24N2O4/c22-17(21-12-14-6-8-16(21)9-7-14)11-15(20-18(23)19(24)25)10-13-4-2-1-3-5-13/h1-5,14-16H,6-12H2,(H,20,23)(H,24,25)/t14?,15-,16?/m0/s1. The van der Waals surface area contributed by atoms with Crippen LogP contribution in [0.5, 0.6) is 0 Å². The second-order valence-corrected chi connectivity index (χ2v) is 7.09. The van der Waals surface area contributed by atoms with Gasteiger partial charge in [0.2, 0.25) is 5.91 Å². The van der Waals surface area contributed by atoms with Gasteiger partial charge in [-0.1, -0.05) is 30.3 Å². The van der Waals surface area contributed by atoms with E-state index in [4.69, 9.17) is 5.11 Å². The molecule has 1 aliphatic carbocycles. The van der Waals surface area contributed by atoms with Gasteiger partial charge in [0.05, 0.1) is 0 Å². The third-order valence-electron chi connectivity index (χ3n) is 5.31. The van der Waals surface area contributed by atoms with Gasteiger partial charge in [-0.3, -0.25) is 9.59 Å². The molecule has 134 valence electrons. The monoisotopic (exact) mass is 344 g/mol. The highest BCUT2D eigenvalue weighted by Crippen LogP contribution is 2.35. The summed E-state index contributed by atoms with van der Waals surface area (Å²) < 4.78 is 0. The lowest BCUT2D eigenvalue weighted by atomic mass is 9.79. The SMILES string of the molecule is O=C(O)C(=O)N[C@H](CC(=O)N1CC2CCC1CC2)Cc1ccccc1. The van der Waals surface area contributed by atoms with Gasteiger partial charge in [-0.2, -0.15) is 0 Å². The second-order valence-electron chi connectivity index (χ2n) is 7.09. The number of carbonyl (C=O) groups is 3. The van der Waals surface area contributed by atoms with E-state index in [1.165, 1.54) is 12.8 Å². The van der Waals surface area contributed by atoms with Crippen molar-refractivity contribution in [2.75, 3.05) is 6.54 Å². The number of carbonyl (C=O) groups excluding carboxylic acids is 2. The molecule has 4 rings (SSSR count). The van der Waals surface area contributed by atoms with Crippen molar-refractivity contribution >= 4 is 17.8 Å². The summed E-state index contributed by atoms with van der Waals surface area (Å²) in [4.78, 5) is 37.2. The zero-order valence-electron chi connectivity index (χ0n) is 14.2. The zero-order valence-corrected chi connectivity index (χ0v) is 14.2. The minimum Gasteiger partial charge on any atom is -0.474 e. The average molecular weight is 344 g/mol. The summed E-state index contributed by atoms with van der Waals surface area (Å²) in [6.07, 6.45) is 5.07. The van der Waals surface area contributed by atoms with Crippen LogP contribution >= 0.6 is 0 Å². The fourth-order valence-corrected chi connectivity index (χ4v) is 4.02. The Morgan fingerprint density at radius 1 is 1.12 bits per heavy atom. The van der Waals surface area contributed by atoms with Crippen LogP contribution in [0.3, 0.4) is 0 Å². The van der Waals surface area contributed by atoms with E-state index >= 15 is 0 Å². The number of fused-ring (bicyclic) bond motifs is 3. The second kappa shape index (κ2) is 7.68. The van der Waals surface area contributed by atoms with Gasteiger partial charge in [-0.15, -0.1) is 0 Å². The molecule has 2 saturated heterocycles. The summed E-state index contributed by atoms with van der Waals surface area (Å²) in [5.74, 6) is -1.98. The van der Waals surface area contributed by atoms with Gasteiger partial charge in [0, 0.05) is 25.0 Å². The molecule has 2 amide bonds. The predicted octanol–water partition coefficient (Wildman–Crippen LogP) is 1.59. The lowest BCUT2D eigenvalue weighted by Gasteiger charge is -2.45. The highest BCUT2D eigenvalue weighted by atomic mass is 16.4. The Morgan fingerprint density at radius 3 is 2.36 bits per heavy atom. The highest BCUT2D eigenvalue weighted by Gasteiger charge is 2.37. The van der Waals surface area contributed by atoms with E-state index in [1.807, 2.05) is 35.2 Å². The molecule has 1 aromatic carbocycles. The molecular formula is C19H24N2O4. The van der Waals surface area contributed by atoms with E-state index in [0.29, 0.717) is 18.4 Å². The van der Waals surface area contributed by atoms with Crippen molar-refractivity contribution in [1.82, 2.24) is 10.2 Å². The molecule has 2 N–H and O–H groups in total. The molecular weight excluding hydrogens is 320 g/mol. The van der Waals surface area contributed by atoms with E-state index in [2.05, 4.69) is 5.32 Å². The van der Waals surface area contributed by atoms with Crippen LogP contribution in [-0.4, -0.2) is 46.4 Å². The number of rotatable bonds is 5. The molecule has 1 aromatic rings. The maximum atomic E-state index is 12.8. The van der Waals surface area contributed by atoms with Crippen LogP contribution in [0.4, 0.5) is 0 Å². The molecule has 6 heteroatoms. The van der Waals surface area contributed by atoms with Gasteiger partial charge in [-0.05, 0) is 43.6 Å². The largest absolute Gasteiger partial charge is 0.474 e. The average Bonchev–Trinajstić information content (AvgIpc) is 2.63. The maximum absolute atomic E-state index is 12.8. The van der Waals surface area contributed by atoms with Crippen LogP contribution in [0.15, 0.2) is 30.3 Å². The Kier molecular flexibility index (Phi) is 5.36. The maximum Gasteiger partial charge on any atom is 0.394 e. The van der Waals surface area contributed by atoms with Gasteiger partial charge < -0.3 is 15.3 Å². The first-order valence-corrected chi connectivity index (χ1v) is 8.90. The Bertz CT molecular complexity index is 638. The summed E-state index contributed by atoms with van der Waals surface area (Å²) in [5.41, 5.74) is 0.964. The third-order valence-corrected chi connectivity index (χ3v) is 5.31. The Hall–Kier alpha value is -2.37. The lowest BCUT2D eigenvalue weighted by Crippen LogP contribution is -2.52. The van der Waals surface area contributed by atoms with Crippen molar-refractivity contribution in [1.29, 1.82) is 0 Å². The minimum absolute atomic E-state index is 0.0148. The van der Waals surface area contributed by atoms with E-state index in [-0.39, 0.29) is 12.3 Å². The molecule has 0 spiro atoms. The fourth-order valence-electron chi connectivity index (χ4n) is 4.02. The summed E-state index contributed by atoms with van der Waals surface area (Å²) >= 11 is 0. The van der Waals surface area contributed by atoms with E-state index in [9.17, 15) is 14.4 Å². The fraction of sp³-hybridized carbons (Fsp3) is 0.526. The van der Waals surface area contributed by atoms with Crippen molar-refractivity contribution in [3.8, 4) is 0 Å². The number of benzene rings is 1. The molecule has 3 aliphatic rings. The van der Waals surface area contributed by atoms with Gasteiger partial charge in [0.15, 0.2) is 0 Å².